The minimum Gasteiger partial charge on any atom is -0.481 e. The highest BCUT2D eigenvalue weighted by molar-refractivity contribution is 9.10. The van der Waals surface area contributed by atoms with Crippen molar-refractivity contribution in [1.29, 1.82) is 0 Å². The molecule has 0 radical (unpaired) electrons. The van der Waals surface area contributed by atoms with E-state index in [4.69, 9.17) is 5.11 Å². The van der Waals surface area contributed by atoms with E-state index in [-0.39, 0.29) is 18.5 Å². The maximum Gasteiger partial charge on any atom is 0.319 e. The Morgan fingerprint density at radius 3 is 2.68 bits per heavy atom. The van der Waals surface area contributed by atoms with Gasteiger partial charge in [-0.3, -0.25) is 4.79 Å². The molecule has 0 bridgehead atoms. The maximum absolute atomic E-state index is 11.7. The number of para-hydroxylation sites is 1. The number of amides is 2. The molecule has 1 rings (SSSR count). The fourth-order valence-corrected chi connectivity index (χ4v) is 1.96. The number of carbonyl (C=O) groups excluding carboxylic acids is 1. The molecule has 0 spiro atoms. The lowest BCUT2D eigenvalue weighted by atomic mass is 10.1. The van der Waals surface area contributed by atoms with Crippen molar-refractivity contribution in [3.8, 4) is 0 Å². The molecule has 1 aromatic rings. The van der Waals surface area contributed by atoms with Crippen LogP contribution < -0.4 is 10.6 Å². The van der Waals surface area contributed by atoms with Crippen molar-refractivity contribution in [2.45, 2.75) is 32.2 Å². The summed E-state index contributed by atoms with van der Waals surface area (Å²) in [5, 5.41) is 14.0. The quantitative estimate of drug-likeness (QED) is 0.750. The fourth-order valence-electron chi connectivity index (χ4n) is 1.58. The van der Waals surface area contributed by atoms with E-state index in [1.165, 1.54) is 0 Å². The molecular weight excluding hydrogens is 312 g/mol. The smallest absolute Gasteiger partial charge is 0.319 e. The van der Waals surface area contributed by atoms with Gasteiger partial charge in [0.2, 0.25) is 0 Å². The van der Waals surface area contributed by atoms with Gasteiger partial charge in [0.1, 0.15) is 0 Å². The average Bonchev–Trinajstić information content (AvgIpc) is 2.31. The Balaban J connectivity index is 2.35. The Morgan fingerprint density at radius 1 is 1.37 bits per heavy atom. The first-order valence-electron chi connectivity index (χ1n) is 6.03. The third-order valence-electron chi connectivity index (χ3n) is 2.53. The highest BCUT2D eigenvalue weighted by Gasteiger charge is 2.09. The van der Waals surface area contributed by atoms with E-state index in [9.17, 15) is 9.59 Å². The molecule has 2 amide bonds. The summed E-state index contributed by atoms with van der Waals surface area (Å²) in [6, 6.07) is 6.96. The van der Waals surface area contributed by atoms with Gasteiger partial charge in [-0.1, -0.05) is 12.1 Å². The molecule has 0 aromatic heterocycles. The van der Waals surface area contributed by atoms with Gasteiger partial charge in [0, 0.05) is 16.9 Å². The van der Waals surface area contributed by atoms with Crippen LogP contribution in [0.2, 0.25) is 0 Å². The molecular formula is C13H17BrN2O3. The molecule has 0 fully saturated rings. The number of carbonyl (C=O) groups is 2. The van der Waals surface area contributed by atoms with Crippen LogP contribution in [-0.2, 0) is 4.79 Å². The van der Waals surface area contributed by atoms with Gasteiger partial charge in [0.05, 0.1) is 5.69 Å². The zero-order valence-corrected chi connectivity index (χ0v) is 12.2. The lowest BCUT2D eigenvalue weighted by molar-refractivity contribution is -0.137. The van der Waals surface area contributed by atoms with Gasteiger partial charge in [0.15, 0.2) is 0 Å². The van der Waals surface area contributed by atoms with Crippen molar-refractivity contribution in [3.05, 3.63) is 28.7 Å². The standard InChI is InChI=1S/C13H17BrN2O3/c1-9(5-4-8-12(17)18)15-13(19)16-11-7-3-2-6-10(11)14/h2-3,6-7,9H,4-5,8H2,1H3,(H,17,18)(H2,15,16,19). The van der Waals surface area contributed by atoms with Crippen LogP contribution >= 0.6 is 15.9 Å². The van der Waals surface area contributed by atoms with E-state index in [2.05, 4.69) is 26.6 Å². The van der Waals surface area contributed by atoms with Crippen LogP contribution in [0.1, 0.15) is 26.2 Å². The van der Waals surface area contributed by atoms with Crippen molar-refractivity contribution < 1.29 is 14.7 Å². The van der Waals surface area contributed by atoms with Crippen molar-refractivity contribution in [3.63, 3.8) is 0 Å². The summed E-state index contributed by atoms with van der Waals surface area (Å²) >= 11 is 3.34. The molecule has 0 heterocycles. The van der Waals surface area contributed by atoms with E-state index >= 15 is 0 Å². The van der Waals surface area contributed by atoms with Gasteiger partial charge in [-0.2, -0.15) is 0 Å². The van der Waals surface area contributed by atoms with Gasteiger partial charge in [-0.25, -0.2) is 4.79 Å². The molecule has 0 aliphatic carbocycles. The van der Waals surface area contributed by atoms with Crippen LogP contribution in [0.25, 0.3) is 0 Å². The number of benzene rings is 1. The number of nitrogens with one attached hydrogen (secondary N) is 2. The van der Waals surface area contributed by atoms with E-state index in [1.54, 1.807) is 6.07 Å². The Bertz CT molecular complexity index is 451. The van der Waals surface area contributed by atoms with Gasteiger partial charge < -0.3 is 15.7 Å². The zero-order chi connectivity index (χ0) is 14.3. The lowest BCUT2D eigenvalue weighted by Crippen LogP contribution is -2.36. The lowest BCUT2D eigenvalue weighted by Gasteiger charge is -2.14. The number of anilines is 1. The minimum absolute atomic E-state index is 0.0677. The van der Waals surface area contributed by atoms with Crippen LogP contribution in [0.3, 0.4) is 0 Å². The Labute approximate surface area is 120 Å². The van der Waals surface area contributed by atoms with Crippen molar-refractivity contribution in [2.75, 3.05) is 5.32 Å². The van der Waals surface area contributed by atoms with Crippen molar-refractivity contribution in [1.82, 2.24) is 5.32 Å². The fraction of sp³-hybridized carbons (Fsp3) is 0.385. The summed E-state index contributed by atoms with van der Waals surface area (Å²) in [7, 11) is 0. The van der Waals surface area contributed by atoms with Crippen LogP contribution in [0.4, 0.5) is 10.5 Å². The first-order chi connectivity index (χ1) is 8.99. The summed E-state index contributed by atoms with van der Waals surface area (Å²) in [6.45, 7) is 1.85. The second-order valence-corrected chi connectivity index (χ2v) is 5.12. The molecule has 1 unspecified atom stereocenters. The SMILES string of the molecule is CC(CCCC(=O)O)NC(=O)Nc1ccccc1Br. The average molecular weight is 329 g/mol. The summed E-state index contributed by atoms with van der Waals surface area (Å²) in [6.07, 6.45) is 1.30. The van der Waals surface area contributed by atoms with E-state index in [1.807, 2.05) is 25.1 Å². The van der Waals surface area contributed by atoms with Crippen molar-refractivity contribution in [2.24, 2.45) is 0 Å². The van der Waals surface area contributed by atoms with Crippen LogP contribution in [0, 0.1) is 0 Å². The number of urea groups is 1. The molecule has 1 aromatic carbocycles. The van der Waals surface area contributed by atoms with E-state index in [0.717, 1.165) is 4.47 Å². The summed E-state index contributed by atoms with van der Waals surface area (Å²) in [5.41, 5.74) is 0.692. The molecule has 104 valence electrons. The highest BCUT2D eigenvalue weighted by Crippen LogP contribution is 2.20. The molecule has 5 nitrogen and oxygen atoms in total. The molecule has 1 atom stereocenters. The number of carboxylic acids is 1. The molecule has 0 aliphatic rings. The van der Waals surface area contributed by atoms with Gasteiger partial charge in [0.25, 0.3) is 0 Å². The highest BCUT2D eigenvalue weighted by atomic mass is 79.9. The second-order valence-electron chi connectivity index (χ2n) is 4.27. The Hall–Kier alpha value is -1.56. The molecule has 0 aliphatic heterocycles. The monoisotopic (exact) mass is 328 g/mol. The number of hydrogen-bond acceptors (Lipinski definition) is 2. The summed E-state index contributed by atoms with van der Waals surface area (Å²) in [5.74, 6) is -0.815. The number of rotatable bonds is 6. The third kappa shape index (κ3) is 6.24. The summed E-state index contributed by atoms with van der Waals surface area (Å²) in [4.78, 5) is 22.1. The first kappa shape index (κ1) is 15.5. The van der Waals surface area contributed by atoms with Crippen molar-refractivity contribution >= 4 is 33.6 Å². The molecule has 0 saturated carbocycles. The third-order valence-corrected chi connectivity index (χ3v) is 3.22. The Kier molecular flexibility index (Phi) is 6.35. The number of aliphatic carboxylic acids is 1. The predicted molar refractivity (Wildman–Crippen MR) is 77.2 cm³/mol. The molecule has 0 saturated heterocycles. The first-order valence-corrected chi connectivity index (χ1v) is 6.82. The maximum atomic E-state index is 11.7. The van der Waals surface area contributed by atoms with E-state index < -0.39 is 5.97 Å². The predicted octanol–water partition coefficient (Wildman–Crippen LogP) is 3.21. The van der Waals surface area contributed by atoms with E-state index in [0.29, 0.717) is 18.5 Å². The molecule has 3 N–H and O–H groups in total. The van der Waals surface area contributed by atoms with Crippen LogP contribution in [-0.4, -0.2) is 23.1 Å². The topological polar surface area (TPSA) is 78.4 Å². The normalized spacial score (nSPS) is 11.7. The Morgan fingerprint density at radius 2 is 2.05 bits per heavy atom. The molecule has 19 heavy (non-hydrogen) atoms. The van der Waals surface area contributed by atoms with Crippen LogP contribution in [0.15, 0.2) is 28.7 Å². The number of carboxylic acid groups (broad SMARTS) is 1. The van der Waals surface area contributed by atoms with Gasteiger partial charge >= 0.3 is 12.0 Å². The van der Waals surface area contributed by atoms with Crippen LogP contribution in [0.5, 0.6) is 0 Å². The zero-order valence-electron chi connectivity index (χ0n) is 10.6. The van der Waals surface area contributed by atoms with Gasteiger partial charge in [-0.05, 0) is 47.8 Å². The summed E-state index contributed by atoms with van der Waals surface area (Å²) < 4.78 is 0.809. The number of hydrogen-bond donors (Lipinski definition) is 3. The van der Waals surface area contributed by atoms with Gasteiger partial charge in [-0.15, -0.1) is 0 Å². The second kappa shape index (κ2) is 7.78. The largest absolute Gasteiger partial charge is 0.481 e. The number of halogens is 1. The molecule has 6 heteroatoms. The minimum atomic E-state index is -0.815.